The van der Waals surface area contributed by atoms with Crippen LogP contribution in [-0.2, 0) is 0 Å². The fraction of sp³-hybridized carbons (Fsp3) is 0.370. The molecule has 1 atom stereocenters. The highest BCUT2D eigenvalue weighted by Crippen LogP contribution is 2.24. The normalized spacial score (nSPS) is 20.2. The predicted octanol–water partition coefficient (Wildman–Crippen LogP) is 4.58. The summed E-state index contributed by atoms with van der Waals surface area (Å²) in [6.45, 7) is 8.15. The maximum atomic E-state index is 13.2. The number of likely N-dealkylation sites (tertiary alicyclic amines) is 1. The zero-order valence-electron chi connectivity index (χ0n) is 18.3. The van der Waals surface area contributed by atoms with Crippen LogP contribution in [0, 0.1) is 6.92 Å². The van der Waals surface area contributed by atoms with Crippen molar-refractivity contribution in [2.45, 2.75) is 25.8 Å². The average molecular weight is 414 g/mol. The van der Waals surface area contributed by atoms with Gasteiger partial charge in [-0.2, -0.15) is 0 Å². The summed E-state index contributed by atoms with van der Waals surface area (Å²) in [5, 5.41) is 2.32. The van der Waals surface area contributed by atoms with Crippen LogP contribution in [0.5, 0.6) is 0 Å². The number of amides is 1. The van der Waals surface area contributed by atoms with Gasteiger partial charge in [0.25, 0.3) is 5.91 Å². The SMILES string of the molecule is Cc1ccccc1N1CCN([C@H]2CCCN(C(=O)c3ccc4ccccc4c3)C2)CC1. The molecule has 0 aliphatic carbocycles. The summed E-state index contributed by atoms with van der Waals surface area (Å²) in [5.74, 6) is 0.175. The van der Waals surface area contributed by atoms with E-state index in [1.165, 1.54) is 23.1 Å². The first-order valence-electron chi connectivity index (χ1n) is 11.5. The fourth-order valence-electron chi connectivity index (χ4n) is 5.19. The summed E-state index contributed by atoms with van der Waals surface area (Å²) < 4.78 is 0. The molecule has 2 fully saturated rings. The summed E-state index contributed by atoms with van der Waals surface area (Å²) in [6, 6.07) is 23.5. The summed E-state index contributed by atoms with van der Waals surface area (Å²) in [4.78, 5) is 20.4. The van der Waals surface area contributed by atoms with Gasteiger partial charge in [-0.1, -0.05) is 48.5 Å². The van der Waals surface area contributed by atoms with E-state index in [1.54, 1.807) is 0 Å². The number of anilines is 1. The number of piperazine rings is 1. The quantitative estimate of drug-likeness (QED) is 0.629. The molecule has 3 aromatic carbocycles. The zero-order chi connectivity index (χ0) is 21.2. The maximum Gasteiger partial charge on any atom is 0.253 e. The van der Waals surface area contributed by atoms with Crippen molar-refractivity contribution in [3.63, 3.8) is 0 Å². The second-order valence-corrected chi connectivity index (χ2v) is 8.92. The van der Waals surface area contributed by atoms with E-state index < -0.39 is 0 Å². The molecule has 0 radical (unpaired) electrons. The van der Waals surface area contributed by atoms with Crippen LogP contribution in [0.25, 0.3) is 10.8 Å². The van der Waals surface area contributed by atoms with Gasteiger partial charge in [-0.05, 0) is 54.3 Å². The van der Waals surface area contributed by atoms with E-state index in [-0.39, 0.29) is 5.91 Å². The van der Waals surface area contributed by atoms with Gasteiger partial charge in [0.2, 0.25) is 0 Å². The van der Waals surface area contributed by atoms with E-state index in [4.69, 9.17) is 0 Å². The first kappa shape index (κ1) is 20.1. The number of hydrogen-bond donors (Lipinski definition) is 0. The lowest BCUT2D eigenvalue weighted by molar-refractivity contribution is 0.0563. The number of carbonyl (C=O) groups excluding carboxylic acids is 1. The molecule has 2 aliphatic heterocycles. The molecule has 0 N–H and O–H groups in total. The summed E-state index contributed by atoms with van der Waals surface area (Å²) >= 11 is 0. The molecule has 31 heavy (non-hydrogen) atoms. The van der Waals surface area contributed by atoms with Gasteiger partial charge in [-0.3, -0.25) is 9.69 Å². The van der Waals surface area contributed by atoms with Crippen LogP contribution >= 0.6 is 0 Å². The number of aryl methyl sites for hydroxylation is 1. The Balaban J connectivity index is 1.23. The molecule has 0 unspecified atom stereocenters. The van der Waals surface area contributed by atoms with Crippen molar-refractivity contribution in [1.82, 2.24) is 9.80 Å². The highest BCUT2D eigenvalue weighted by molar-refractivity contribution is 5.98. The number of piperidine rings is 1. The van der Waals surface area contributed by atoms with Crippen molar-refractivity contribution in [3.05, 3.63) is 77.9 Å². The molecule has 4 heteroatoms. The van der Waals surface area contributed by atoms with Gasteiger partial charge in [0, 0.05) is 56.6 Å². The Hall–Kier alpha value is -2.85. The molecule has 0 aromatic heterocycles. The number of rotatable bonds is 3. The topological polar surface area (TPSA) is 26.8 Å². The van der Waals surface area contributed by atoms with Gasteiger partial charge in [0.05, 0.1) is 0 Å². The van der Waals surface area contributed by atoms with Crippen molar-refractivity contribution in [2.24, 2.45) is 0 Å². The lowest BCUT2D eigenvalue weighted by Crippen LogP contribution is -2.56. The molecular weight excluding hydrogens is 382 g/mol. The highest BCUT2D eigenvalue weighted by Gasteiger charge is 2.30. The minimum absolute atomic E-state index is 0.175. The number of fused-ring (bicyclic) bond motifs is 1. The predicted molar refractivity (Wildman–Crippen MR) is 128 cm³/mol. The lowest BCUT2D eigenvalue weighted by atomic mass is 10.0. The van der Waals surface area contributed by atoms with Gasteiger partial charge < -0.3 is 9.80 Å². The first-order valence-corrected chi connectivity index (χ1v) is 11.5. The van der Waals surface area contributed by atoms with Crippen LogP contribution in [0.15, 0.2) is 66.7 Å². The molecule has 160 valence electrons. The number of hydrogen-bond acceptors (Lipinski definition) is 3. The van der Waals surface area contributed by atoms with Crippen molar-refractivity contribution < 1.29 is 4.79 Å². The van der Waals surface area contributed by atoms with Gasteiger partial charge in [-0.25, -0.2) is 0 Å². The molecule has 0 spiro atoms. The van der Waals surface area contributed by atoms with E-state index in [0.29, 0.717) is 6.04 Å². The molecule has 0 saturated carbocycles. The van der Waals surface area contributed by atoms with E-state index in [0.717, 1.165) is 56.6 Å². The van der Waals surface area contributed by atoms with Crippen LogP contribution in [0.4, 0.5) is 5.69 Å². The summed E-state index contributed by atoms with van der Waals surface area (Å²) in [6.07, 6.45) is 2.27. The minimum Gasteiger partial charge on any atom is -0.369 e. The van der Waals surface area contributed by atoms with Gasteiger partial charge in [0.1, 0.15) is 0 Å². The Labute approximate surface area is 185 Å². The van der Waals surface area contributed by atoms with E-state index in [2.05, 4.69) is 64.1 Å². The molecular formula is C27H31N3O. The number of nitrogens with zero attached hydrogens (tertiary/aromatic N) is 3. The van der Waals surface area contributed by atoms with Gasteiger partial charge in [0.15, 0.2) is 0 Å². The second-order valence-electron chi connectivity index (χ2n) is 8.92. The van der Waals surface area contributed by atoms with Crippen molar-refractivity contribution in [2.75, 3.05) is 44.2 Å². The van der Waals surface area contributed by atoms with Crippen molar-refractivity contribution >= 4 is 22.4 Å². The third-order valence-corrected chi connectivity index (χ3v) is 6.97. The summed E-state index contributed by atoms with van der Waals surface area (Å²) in [5.41, 5.74) is 3.52. The first-order chi connectivity index (χ1) is 15.2. The zero-order valence-corrected chi connectivity index (χ0v) is 18.3. The largest absolute Gasteiger partial charge is 0.369 e. The molecule has 3 aromatic rings. The van der Waals surface area contributed by atoms with Crippen LogP contribution in [-0.4, -0.2) is 61.0 Å². The monoisotopic (exact) mass is 413 g/mol. The molecule has 2 aliphatic rings. The molecule has 2 saturated heterocycles. The Morgan fingerprint density at radius 1 is 0.839 bits per heavy atom. The van der Waals surface area contributed by atoms with E-state index in [9.17, 15) is 4.79 Å². The minimum atomic E-state index is 0.175. The van der Waals surface area contributed by atoms with E-state index in [1.807, 2.05) is 24.3 Å². The van der Waals surface area contributed by atoms with Gasteiger partial charge >= 0.3 is 0 Å². The Bertz CT molecular complexity index is 1070. The van der Waals surface area contributed by atoms with Crippen LogP contribution in [0.3, 0.4) is 0 Å². The smallest absolute Gasteiger partial charge is 0.253 e. The molecule has 1 amide bonds. The lowest BCUT2D eigenvalue weighted by Gasteiger charge is -2.44. The number of carbonyl (C=O) groups is 1. The molecule has 5 rings (SSSR count). The molecule has 4 nitrogen and oxygen atoms in total. The van der Waals surface area contributed by atoms with Crippen LogP contribution in [0.1, 0.15) is 28.8 Å². The third kappa shape index (κ3) is 4.17. The third-order valence-electron chi connectivity index (χ3n) is 6.97. The Kier molecular flexibility index (Phi) is 5.65. The average Bonchev–Trinajstić information content (AvgIpc) is 2.84. The fourth-order valence-corrected chi connectivity index (χ4v) is 5.19. The molecule has 2 heterocycles. The Morgan fingerprint density at radius 3 is 2.39 bits per heavy atom. The van der Waals surface area contributed by atoms with Crippen molar-refractivity contribution in [3.8, 4) is 0 Å². The second kappa shape index (κ2) is 8.72. The Morgan fingerprint density at radius 2 is 1.58 bits per heavy atom. The van der Waals surface area contributed by atoms with Crippen molar-refractivity contribution in [1.29, 1.82) is 0 Å². The number of benzene rings is 3. The van der Waals surface area contributed by atoms with Crippen LogP contribution in [0.2, 0.25) is 0 Å². The number of para-hydroxylation sites is 1. The van der Waals surface area contributed by atoms with Crippen LogP contribution < -0.4 is 4.90 Å². The standard InChI is InChI=1S/C27H31N3O/c1-21-7-2-5-11-26(21)29-17-15-28(16-18-29)25-10-6-14-30(20-25)27(31)24-13-12-22-8-3-4-9-23(22)19-24/h2-5,7-9,11-13,19,25H,6,10,14-18,20H2,1H3/t25-/m0/s1. The van der Waals surface area contributed by atoms with E-state index >= 15 is 0 Å². The maximum absolute atomic E-state index is 13.2. The molecule has 0 bridgehead atoms. The summed E-state index contributed by atoms with van der Waals surface area (Å²) in [7, 11) is 0. The van der Waals surface area contributed by atoms with Gasteiger partial charge in [-0.15, -0.1) is 0 Å². The highest BCUT2D eigenvalue weighted by atomic mass is 16.2.